The lowest BCUT2D eigenvalue weighted by atomic mass is 10.1. The van der Waals surface area contributed by atoms with Crippen molar-refractivity contribution in [3.05, 3.63) is 44.2 Å². The van der Waals surface area contributed by atoms with E-state index in [4.69, 9.17) is 5.53 Å². The number of hydrogen-bond donors (Lipinski definition) is 1. The second kappa shape index (κ2) is 7.74. The third kappa shape index (κ3) is 4.39. The molecule has 0 fully saturated rings. The number of carbonyl (C=O) groups excluding carboxylic acids is 1. The Labute approximate surface area is 114 Å². The molecule has 96 valence electrons. The van der Waals surface area contributed by atoms with Crippen LogP contribution < -0.4 is 5.32 Å². The average molecular weight is 311 g/mol. The first-order valence-corrected chi connectivity index (χ1v) is 6.50. The van der Waals surface area contributed by atoms with Crippen LogP contribution in [0, 0.1) is 6.92 Å². The van der Waals surface area contributed by atoms with Crippen LogP contribution in [0.15, 0.2) is 27.8 Å². The molecule has 0 aliphatic rings. The number of hydrogen-bond acceptors (Lipinski definition) is 2. The summed E-state index contributed by atoms with van der Waals surface area (Å²) in [5.41, 5.74) is 9.78. The number of carbonyl (C=O) groups is 1. The van der Waals surface area contributed by atoms with E-state index in [1.807, 2.05) is 19.1 Å². The van der Waals surface area contributed by atoms with Gasteiger partial charge in [-0.15, -0.1) is 0 Å². The molecule has 0 aliphatic carbocycles. The second-order valence-corrected chi connectivity index (χ2v) is 4.65. The summed E-state index contributed by atoms with van der Waals surface area (Å²) >= 11 is 3.41. The van der Waals surface area contributed by atoms with Crippen LogP contribution in [0.2, 0.25) is 0 Å². The largest absolute Gasteiger partial charge is 0.352 e. The molecule has 0 aliphatic heterocycles. The molecular weight excluding hydrogens is 296 g/mol. The molecule has 0 saturated heterocycles. The number of nitrogens with one attached hydrogen (secondary N) is 1. The lowest BCUT2D eigenvalue weighted by Gasteiger charge is -2.08. The molecule has 0 atom stereocenters. The van der Waals surface area contributed by atoms with E-state index in [2.05, 4.69) is 31.3 Å². The summed E-state index contributed by atoms with van der Waals surface area (Å²) in [6, 6.07) is 5.59. The van der Waals surface area contributed by atoms with Crippen LogP contribution in [0.4, 0.5) is 0 Å². The van der Waals surface area contributed by atoms with E-state index < -0.39 is 0 Å². The van der Waals surface area contributed by atoms with Gasteiger partial charge in [0.05, 0.1) is 5.56 Å². The fraction of sp³-hybridized carbons (Fsp3) is 0.417. The molecule has 0 bridgehead atoms. The number of rotatable bonds is 6. The Hall–Kier alpha value is -1.52. The lowest BCUT2D eigenvalue weighted by molar-refractivity contribution is 0.0952. The summed E-state index contributed by atoms with van der Waals surface area (Å²) in [6.07, 6.45) is 1.58. The van der Waals surface area contributed by atoms with E-state index in [1.165, 1.54) is 0 Å². The number of aryl methyl sites for hydroxylation is 1. The maximum Gasteiger partial charge on any atom is 0.252 e. The summed E-state index contributed by atoms with van der Waals surface area (Å²) in [6.45, 7) is 3.00. The van der Waals surface area contributed by atoms with Crippen molar-refractivity contribution < 1.29 is 4.79 Å². The first-order valence-electron chi connectivity index (χ1n) is 5.71. The molecule has 5 nitrogen and oxygen atoms in total. The Bertz CT molecular complexity index is 469. The summed E-state index contributed by atoms with van der Waals surface area (Å²) in [7, 11) is 0. The maximum atomic E-state index is 11.9. The van der Waals surface area contributed by atoms with Gasteiger partial charge in [0.25, 0.3) is 5.91 Å². The van der Waals surface area contributed by atoms with Crippen LogP contribution in [0.5, 0.6) is 0 Å². The number of unbranched alkanes of at least 4 members (excludes halogenated alkanes) is 1. The van der Waals surface area contributed by atoms with Crippen molar-refractivity contribution in [1.82, 2.24) is 5.32 Å². The standard InChI is InChI=1S/C12H15BrN4O/c1-9-5-4-6-10(11(9)13)12(18)15-7-2-3-8-16-17-14/h4-6H,2-3,7-8H2,1H3,(H,15,18). The molecule has 1 rings (SSSR count). The third-order valence-electron chi connectivity index (χ3n) is 2.47. The van der Waals surface area contributed by atoms with Crippen LogP contribution in [-0.4, -0.2) is 19.0 Å². The van der Waals surface area contributed by atoms with Crippen LogP contribution in [-0.2, 0) is 0 Å². The highest BCUT2D eigenvalue weighted by molar-refractivity contribution is 9.10. The van der Waals surface area contributed by atoms with Gasteiger partial charge in [0, 0.05) is 22.5 Å². The highest BCUT2D eigenvalue weighted by Crippen LogP contribution is 2.20. The van der Waals surface area contributed by atoms with Crippen molar-refractivity contribution in [3.63, 3.8) is 0 Å². The van der Waals surface area contributed by atoms with Gasteiger partial charge in [-0.05, 0) is 52.9 Å². The molecule has 1 amide bonds. The minimum atomic E-state index is -0.0886. The normalized spacial score (nSPS) is 9.67. The molecule has 0 radical (unpaired) electrons. The van der Waals surface area contributed by atoms with Gasteiger partial charge in [-0.2, -0.15) is 0 Å². The summed E-state index contributed by atoms with van der Waals surface area (Å²) < 4.78 is 0.830. The first kappa shape index (κ1) is 14.5. The molecule has 0 spiro atoms. The second-order valence-electron chi connectivity index (χ2n) is 3.85. The van der Waals surface area contributed by atoms with E-state index in [9.17, 15) is 4.79 Å². The van der Waals surface area contributed by atoms with Crippen molar-refractivity contribution in [3.8, 4) is 0 Å². The zero-order chi connectivity index (χ0) is 13.4. The first-order chi connectivity index (χ1) is 8.66. The van der Waals surface area contributed by atoms with Crippen LogP contribution in [0.25, 0.3) is 10.4 Å². The van der Waals surface area contributed by atoms with Gasteiger partial charge in [-0.25, -0.2) is 0 Å². The highest BCUT2D eigenvalue weighted by atomic mass is 79.9. The fourth-order valence-corrected chi connectivity index (χ4v) is 1.92. The predicted molar refractivity (Wildman–Crippen MR) is 74.5 cm³/mol. The number of benzene rings is 1. The van der Waals surface area contributed by atoms with Crippen molar-refractivity contribution in [2.24, 2.45) is 5.11 Å². The molecule has 0 aromatic heterocycles. The molecule has 6 heteroatoms. The van der Waals surface area contributed by atoms with Crippen LogP contribution in [0.1, 0.15) is 28.8 Å². The highest BCUT2D eigenvalue weighted by Gasteiger charge is 2.10. The number of halogens is 1. The van der Waals surface area contributed by atoms with Crippen molar-refractivity contribution >= 4 is 21.8 Å². The Balaban J connectivity index is 2.41. The average Bonchev–Trinajstić information content (AvgIpc) is 2.36. The summed E-state index contributed by atoms with van der Waals surface area (Å²) in [5, 5.41) is 6.27. The van der Waals surface area contributed by atoms with Gasteiger partial charge < -0.3 is 5.32 Å². The zero-order valence-electron chi connectivity index (χ0n) is 10.2. The summed E-state index contributed by atoms with van der Waals surface area (Å²) in [4.78, 5) is 14.6. The number of nitrogens with zero attached hydrogens (tertiary/aromatic N) is 3. The molecular formula is C12H15BrN4O. The van der Waals surface area contributed by atoms with Crippen molar-refractivity contribution in [2.75, 3.05) is 13.1 Å². The minimum absolute atomic E-state index is 0.0886. The molecule has 1 aromatic rings. The molecule has 0 saturated carbocycles. The van der Waals surface area contributed by atoms with E-state index in [-0.39, 0.29) is 5.91 Å². The maximum absolute atomic E-state index is 11.9. The topological polar surface area (TPSA) is 77.9 Å². The smallest absolute Gasteiger partial charge is 0.252 e. The minimum Gasteiger partial charge on any atom is -0.352 e. The van der Waals surface area contributed by atoms with Gasteiger partial charge in [0.1, 0.15) is 0 Å². The number of azide groups is 1. The molecule has 0 unspecified atom stereocenters. The monoisotopic (exact) mass is 310 g/mol. The fourth-order valence-electron chi connectivity index (χ4n) is 1.47. The Morgan fingerprint density at radius 2 is 2.28 bits per heavy atom. The van der Waals surface area contributed by atoms with Crippen molar-refractivity contribution in [2.45, 2.75) is 19.8 Å². The van der Waals surface area contributed by atoms with Crippen LogP contribution >= 0.6 is 15.9 Å². The SMILES string of the molecule is Cc1cccc(C(=O)NCCCCN=[N+]=[N-])c1Br. The summed E-state index contributed by atoms with van der Waals surface area (Å²) in [5.74, 6) is -0.0886. The Morgan fingerprint density at radius 3 is 3.00 bits per heavy atom. The molecule has 1 N–H and O–H groups in total. The van der Waals surface area contributed by atoms with E-state index >= 15 is 0 Å². The molecule has 0 heterocycles. The Morgan fingerprint density at radius 1 is 1.50 bits per heavy atom. The zero-order valence-corrected chi connectivity index (χ0v) is 11.8. The van der Waals surface area contributed by atoms with E-state index in [0.717, 1.165) is 22.9 Å². The van der Waals surface area contributed by atoms with Crippen LogP contribution in [0.3, 0.4) is 0 Å². The van der Waals surface area contributed by atoms with Gasteiger partial charge in [-0.1, -0.05) is 17.2 Å². The Kier molecular flexibility index (Phi) is 6.25. The van der Waals surface area contributed by atoms with Gasteiger partial charge in [0.2, 0.25) is 0 Å². The van der Waals surface area contributed by atoms with Gasteiger partial charge in [-0.3, -0.25) is 4.79 Å². The van der Waals surface area contributed by atoms with E-state index in [1.54, 1.807) is 6.07 Å². The number of amides is 1. The predicted octanol–water partition coefficient (Wildman–Crippen LogP) is 3.58. The third-order valence-corrected chi connectivity index (χ3v) is 3.52. The lowest BCUT2D eigenvalue weighted by Crippen LogP contribution is -2.25. The van der Waals surface area contributed by atoms with E-state index in [0.29, 0.717) is 18.7 Å². The molecule has 18 heavy (non-hydrogen) atoms. The quantitative estimate of drug-likeness (QED) is 0.370. The van der Waals surface area contributed by atoms with Crippen molar-refractivity contribution in [1.29, 1.82) is 0 Å². The molecule has 1 aromatic carbocycles. The van der Waals surface area contributed by atoms with Gasteiger partial charge in [0.15, 0.2) is 0 Å². The van der Waals surface area contributed by atoms with Gasteiger partial charge >= 0.3 is 0 Å².